The molecule has 2 N–H and O–H groups in total. The minimum absolute atomic E-state index is 0.244. The molecule has 1 heterocycles. The van der Waals surface area contributed by atoms with Gasteiger partial charge in [0, 0.05) is 18.3 Å². The molecular formula is C7H9N3O2. The van der Waals surface area contributed by atoms with Crippen molar-refractivity contribution < 1.29 is 9.63 Å². The van der Waals surface area contributed by atoms with Crippen molar-refractivity contribution in [3.63, 3.8) is 0 Å². The first kappa shape index (κ1) is 8.61. The van der Waals surface area contributed by atoms with Crippen molar-refractivity contribution in [2.24, 2.45) is 5.90 Å². The third-order valence-electron chi connectivity index (χ3n) is 1.36. The Bertz CT molecular complexity index is 250. The Labute approximate surface area is 69.5 Å². The highest BCUT2D eigenvalue weighted by Crippen LogP contribution is 1.96. The quantitative estimate of drug-likeness (QED) is 0.632. The molecule has 1 rings (SSSR count). The molecule has 5 heteroatoms. The predicted octanol–water partition coefficient (Wildman–Crippen LogP) is -0.174. The van der Waals surface area contributed by atoms with Gasteiger partial charge in [0.25, 0.3) is 0 Å². The van der Waals surface area contributed by atoms with Gasteiger partial charge in [-0.3, -0.25) is 4.79 Å². The van der Waals surface area contributed by atoms with Crippen molar-refractivity contribution in [1.82, 2.24) is 9.97 Å². The first-order valence-electron chi connectivity index (χ1n) is 3.47. The zero-order chi connectivity index (χ0) is 8.81. The van der Waals surface area contributed by atoms with Crippen molar-refractivity contribution >= 4 is 5.97 Å². The number of hydrogen-bond acceptors (Lipinski definition) is 5. The molecule has 0 unspecified atom stereocenters. The fraction of sp³-hybridized carbons (Fsp3) is 0.286. The number of rotatable bonds is 3. The van der Waals surface area contributed by atoms with E-state index in [0.29, 0.717) is 6.42 Å². The van der Waals surface area contributed by atoms with Crippen LogP contribution in [0.4, 0.5) is 0 Å². The number of nitrogens with two attached hydrogens (primary N) is 1. The van der Waals surface area contributed by atoms with Gasteiger partial charge in [-0.15, -0.1) is 0 Å². The molecule has 0 aliphatic rings. The lowest BCUT2D eigenvalue weighted by atomic mass is 10.2. The molecule has 0 radical (unpaired) electrons. The van der Waals surface area contributed by atoms with Crippen molar-refractivity contribution in [3.8, 4) is 0 Å². The van der Waals surface area contributed by atoms with Crippen LogP contribution in [0, 0.1) is 0 Å². The van der Waals surface area contributed by atoms with Crippen LogP contribution in [0.5, 0.6) is 0 Å². The topological polar surface area (TPSA) is 78.1 Å². The van der Waals surface area contributed by atoms with E-state index in [1.807, 2.05) is 0 Å². The molecule has 0 saturated heterocycles. The van der Waals surface area contributed by atoms with Crippen LogP contribution in [0.25, 0.3) is 0 Å². The molecule has 0 aliphatic carbocycles. The summed E-state index contributed by atoms with van der Waals surface area (Å²) < 4.78 is 0. The number of carbonyl (C=O) groups is 1. The summed E-state index contributed by atoms with van der Waals surface area (Å²) in [6, 6.07) is 1.74. The molecule has 0 atom stereocenters. The van der Waals surface area contributed by atoms with Crippen LogP contribution in [-0.2, 0) is 16.1 Å². The van der Waals surface area contributed by atoms with Crippen molar-refractivity contribution in [1.29, 1.82) is 0 Å². The molecular weight excluding hydrogens is 158 g/mol. The second-order valence-corrected chi connectivity index (χ2v) is 2.19. The lowest BCUT2D eigenvalue weighted by Gasteiger charge is -1.96. The maximum Gasteiger partial charge on any atom is 0.324 e. The molecule has 0 spiro atoms. The van der Waals surface area contributed by atoms with Gasteiger partial charge in [0.15, 0.2) is 0 Å². The lowest BCUT2D eigenvalue weighted by molar-refractivity contribution is -0.144. The zero-order valence-electron chi connectivity index (χ0n) is 6.43. The van der Waals surface area contributed by atoms with Crippen molar-refractivity contribution in [3.05, 3.63) is 24.3 Å². The van der Waals surface area contributed by atoms with E-state index in [2.05, 4.69) is 20.7 Å². The van der Waals surface area contributed by atoms with E-state index in [0.717, 1.165) is 5.69 Å². The summed E-state index contributed by atoms with van der Waals surface area (Å²) in [5.74, 6) is 4.22. The SMILES string of the molecule is NOC(=O)CCc1ccncn1. The summed E-state index contributed by atoms with van der Waals surface area (Å²) in [6.45, 7) is 0. The fourth-order valence-corrected chi connectivity index (χ4v) is 0.755. The van der Waals surface area contributed by atoms with Gasteiger partial charge in [-0.05, 0) is 6.07 Å². The Kier molecular flexibility index (Phi) is 3.16. The summed E-state index contributed by atoms with van der Waals surface area (Å²) >= 11 is 0. The zero-order valence-corrected chi connectivity index (χ0v) is 6.43. The van der Waals surface area contributed by atoms with E-state index < -0.39 is 5.97 Å². The number of nitrogens with zero attached hydrogens (tertiary/aromatic N) is 2. The highest BCUT2D eigenvalue weighted by Gasteiger charge is 2.01. The Morgan fingerprint density at radius 1 is 1.67 bits per heavy atom. The lowest BCUT2D eigenvalue weighted by Crippen LogP contribution is -2.10. The molecule has 5 nitrogen and oxygen atoms in total. The fourth-order valence-electron chi connectivity index (χ4n) is 0.755. The summed E-state index contributed by atoms with van der Waals surface area (Å²) in [5.41, 5.74) is 0.801. The largest absolute Gasteiger partial charge is 0.373 e. The summed E-state index contributed by atoms with van der Waals surface area (Å²) in [7, 11) is 0. The third kappa shape index (κ3) is 2.63. The molecule has 1 aromatic rings. The molecule has 0 aromatic carbocycles. The second kappa shape index (κ2) is 4.40. The maximum atomic E-state index is 10.6. The minimum atomic E-state index is -0.436. The van der Waals surface area contributed by atoms with Gasteiger partial charge in [-0.2, -0.15) is 5.90 Å². The van der Waals surface area contributed by atoms with Crippen LogP contribution in [0.2, 0.25) is 0 Å². The average molecular weight is 167 g/mol. The van der Waals surface area contributed by atoms with Gasteiger partial charge in [0.2, 0.25) is 0 Å². The van der Waals surface area contributed by atoms with E-state index in [9.17, 15) is 4.79 Å². The van der Waals surface area contributed by atoms with Gasteiger partial charge in [-0.1, -0.05) is 0 Å². The van der Waals surface area contributed by atoms with E-state index in [-0.39, 0.29) is 6.42 Å². The molecule has 0 saturated carbocycles. The molecule has 0 amide bonds. The standard InChI is InChI=1S/C7H9N3O2/c8-12-7(11)2-1-6-3-4-9-5-10-6/h3-5H,1-2,8H2. The summed E-state index contributed by atoms with van der Waals surface area (Å²) in [5, 5.41) is 0. The van der Waals surface area contributed by atoms with E-state index >= 15 is 0 Å². The van der Waals surface area contributed by atoms with Crippen LogP contribution in [0.15, 0.2) is 18.6 Å². The van der Waals surface area contributed by atoms with Crippen LogP contribution < -0.4 is 5.90 Å². The number of aromatic nitrogens is 2. The average Bonchev–Trinajstić information content (AvgIpc) is 2.16. The Balaban J connectivity index is 2.38. The van der Waals surface area contributed by atoms with Gasteiger partial charge in [-0.25, -0.2) is 9.97 Å². The van der Waals surface area contributed by atoms with E-state index in [1.54, 1.807) is 12.3 Å². The summed E-state index contributed by atoms with van der Waals surface area (Å²) in [4.78, 5) is 22.3. The number of carbonyl (C=O) groups excluding carboxylic acids is 1. The van der Waals surface area contributed by atoms with Gasteiger partial charge in [0.05, 0.1) is 6.42 Å². The van der Waals surface area contributed by atoms with E-state index in [4.69, 9.17) is 0 Å². The minimum Gasteiger partial charge on any atom is -0.373 e. The van der Waals surface area contributed by atoms with Crippen molar-refractivity contribution in [2.45, 2.75) is 12.8 Å². The molecule has 0 fully saturated rings. The molecule has 12 heavy (non-hydrogen) atoms. The predicted molar refractivity (Wildman–Crippen MR) is 40.6 cm³/mol. The molecule has 0 bridgehead atoms. The Morgan fingerprint density at radius 2 is 2.50 bits per heavy atom. The van der Waals surface area contributed by atoms with E-state index in [1.165, 1.54) is 6.33 Å². The summed E-state index contributed by atoms with van der Waals surface area (Å²) in [6.07, 6.45) is 3.82. The number of aryl methyl sites for hydroxylation is 1. The van der Waals surface area contributed by atoms with Gasteiger partial charge < -0.3 is 4.84 Å². The number of hydrogen-bond donors (Lipinski definition) is 1. The molecule has 1 aromatic heterocycles. The van der Waals surface area contributed by atoms with Crippen LogP contribution in [0.3, 0.4) is 0 Å². The highest BCUT2D eigenvalue weighted by atomic mass is 16.7. The Morgan fingerprint density at radius 3 is 3.08 bits per heavy atom. The highest BCUT2D eigenvalue weighted by molar-refractivity contribution is 5.69. The first-order valence-corrected chi connectivity index (χ1v) is 3.47. The normalized spacial score (nSPS) is 9.42. The Hall–Kier alpha value is -1.49. The van der Waals surface area contributed by atoms with Gasteiger partial charge >= 0.3 is 5.97 Å². The first-order chi connectivity index (χ1) is 5.83. The van der Waals surface area contributed by atoms with Crippen LogP contribution in [0.1, 0.15) is 12.1 Å². The second-order valence-electron chi connectivity index (χ2n) is 2.19. The van der Waals surface area contributed by atoms with Crippen molar-refractivity contribution in [2.75, 3.05) is 0 Å². The van der Waals surface area contributed by atoms with Crippen LogP contribution >= 0.6 is 0 Å². The monoisotopic (exact) mass is 167 g/mol. The van der Waals surface area contributed by atoms with Gasteiger partial charge in [0.1, 0.15) is 6.33 Å². The molecule has 64 valence electrons. The smallest absolute Gasteiger partial charge is 0.324 e. The maximum absolute atomic E-state index is 10.6. The van der Waals surface area contributed by atoms with Crippen LogP contribution in [-0.4, -0.2) is 15.9 Å². The molecule has 0 aliphatic heterocycles. The third-order valence-corrected chi connectivity index (χ3v) is 1.36.